The van der Waals surface area contributed by atoms with Gasteiger partial charge in [0.25, 0.3) is 0 Å². The first-order chi connectivity index (χ1) is 29.3. The minimum atomic E-state index is 0.915. The highest BCUT2D eigenvalue weighted by Gasteiger charge is 2.22. The third-order valence-corrected chi connectivity index (χ3v) is 11.8. The lowest BCUT2D eigenvalue weighted by atomic mass is 9.87. The first-order valence-corrected chi connectivity index (χ1v) is 20.0. The smallest absolute Gasteiger partial charge is 0.101 e. The summed E-state index contributed by atoms with van der Waals surface area (Å²) >= 11 is 0. The van der Waals surface area contributed by atoms with Crippen molar-refractivity contribution in [2.45, 2.75) is 0 Å². The summed E-state index contributed by atoms with van der Waals surface area (Å²) in [5.74, 6) is 0. The predicted molar refractivity (Wildman–Crippen MR) is 246 cm³/mol. The molecule has 3 heterocycles. The van der Waals surface area contributed by atoms with Crippen molar-refractivity contribution in [3.63, 3.8) is 0 Å². The zero-order chi connectivity index (χ0) is 38.9. The van der Waals surface area contributed by atoms with Crippen LogP contribution < -0.4 is 0 Å². The van der Waals surface area contributed by atoms with Crippen LogP contribution in [0.25, 0.3) is 115 Å². The molecule has 0 bridgehead atoms. The molecule has 4 nitrogen and oxygen atoms in total. The second-order valence-electron chi connectivity index (χ2n) is 15.2. The van der Waals surface area contributed by atoms with E-state index in [9.17, 15) is 0 Å². The van der Waals surface area contributed by atoms with Gasteiger partial charge in [-0.2, -0.15) is 5.10 Å². The minimum Gasteiger partial charge on any atom is -0.254 e. The zero-order valence-electron chi connectivity index (χ0n) is 31.9. The Morgan fingerprint density at radius 2 is 0.949 bits per heavy atom. The standard InChI is InChI=1S/C55H34N4/c1-3-14-35(15-4-1)47-34-40-18-7-8-20-42(40)55-51(47)52(37-16-5-2-6-17-37)58-59(55)41-30-27-36(28-31-41)49-43-21-9-11-23-45(43)50(46-24-12-10-22-44(46)49)48-32-29-39-26-25-38-19-13-33-56-53(38)54(39)57-48/h1-34H. The predicted octanol–water partition coefficient (Wildman–Crippen LogP) is 14.2. The number of pyridine rings is 2. The van der Waals surface area contributed by atoms with Gasteiger partial charge in [-0.05, 0) is 79.5 Å². The van der Waals surface area contributed by atoms with Gasteiger partial charge >= 0.3 is 0 Å². The molecule has 0 aliphatic rings. The van der Waals surface area contributed by atoms with Crippen molar-refractivity contribution in [2.75, 3.05) is 0 Å². The highest BCUT2D eigenvalue weighted by Crippen LogP contribution is 2.45. The number of fused-ring (bicyclic) bond motifs is 8. The molecule has 0 aliphatic carbocycles. The average molecular weight is 751 g/mol. The van der Waals surface area contributed by atoms with Gasteiger partial charge < -0.3 is 0 Å². The zero-order valence-corrected chi connectivity index (χ0v) is 31.9. The lowest BCUT2D eigenvalue weighted by Gasteiger charge is -2.18. The lowest BCUT2D eigenvalue weighted by Crippen LogP contribution is -1.98. The molecular weight excluding hydrogens is 717 g/mol. The third kappa shape index (κ3) is 5.27. The summed E-state index contributed by atoms with van der Waals surface area (Å²) in [4.78, 5) is 10.1. The molecular formula is C55H34N4. The van der Waals surface area contributed by atoms with Crippen molar-refractivity contribution >= 4 is 65.0 Å². The molecule has 4 heteroatoms. The summed E-state index contributed by atoms with van der Waals surface area (Å²) in [6.45, 7) is 0. The molecule has 0 unspecified atom stereocenters. The van der Waals surface area contributed by atoms with Gasteiger partial charge in [0.05, 0.1) is 27.9 Å². The van der Waals surface area contributed by atoms with Gasteiger partial charge in [0.2, 0.25) is 0 Å². The van der Waals surface area contributed by atoms with E-state index in [4.69, 9.17) is 15.1 Å². The number of rotatable bonds is 5. The second-order valence-corrected chi connectivity index (χ2v) is 15.2. The topological polar surface area (TPSA) is 43.6 Å². The van der Waals surface area contributed by atoms with E-state index in [2.05, 4.69) is 199 Å². The van der Waals surface area contributed by atoms with E-state index in [-0.39, 0.29) is 0 Å². The van der Waals surface area contributed by atoms with E-state index in [1.165, 1.54) is 38.2 Å². The molecule has 274 valence electrons. The maximum absolute atomic E-state index is 5.46. The maximum atomic E-state index is 5.46. The summed E-state index contributed by atoms with van der Waals surface area (Å²) in [5, 5.41) is 15.8. The van der Waals surface area contributed by atoms with Gasteiger partial charge in [0.15, 0.2) is 0 Å². The highest BCUT2D eigenvalue weighted by atomic mass is 15.3. The van der Waals surface area contributed by atoms with E-state index >= 15 is 0 Å². The fraction of sp³-hybridized carbons (Fsp3) is 0. The Hall–Kier alpha value is -7.95. The van der Waals surface area contributed by atoms with E-state index < -0.39 is 0 Å². The van der Waals surface area contributed by atoms with Gasteiger partial charge in [0, 0.05) is 38.9 Å². The van der Waals surface area contributed by atoms with Crippen LogP contribution in [0.2, 0.25) is 0 Å². The quantitative estimate of drug-likeness (QED) is 0.130. The van der Waals surface area contributed by atoms with Gasteiger partial charge in [-0.1, -0.05) is 170 Å². The van der Waals surface area contributed by atoms with Crippen molar-refractivity contribution < 1.29 is 0 Å². The van der Waals surface area contributed by atoms with Crippen LogP contribution in [-0.2, 0) is 0 Å². The van der Waals surface area contributed by atoms with E-state index in [0.29, 0.717) is 0 Å². The van der Waals surface area contributed by atoms with Crippen LogP contribution in [0.3, 0.4) is 0 Å². The molecule has 59 heavy (non-hydrogen) atoms. The fourth-order valence-electron chi connectivity index (χ4n) is 9.17. The summed E-state index contributed by atoms with van der Waals surface area (Å²) in [6, 6.07) is 71.4. The Morgan fingerprint density at radius 1 is 0.390 bits per heavy atom. The Morgan fingerprint density at radius 3 is 1.64 bits per heavy atom. The van der Waals surface area contributed by atoms with Crippen molar-refractivity contribution in [2.24, 2.45) is 0 Å². The molecule has 12 rings (SSSR count). The normalized spacial score (nSPS) is 11.7. The van der Waals surface area contributed by atoms with Gasteiger partial charge in [-0.3, -0.25) is 4.98 Å². The Kier molecular flexibility index (Phi) is 7.50. The Labute approximate surface area is 340 Å². The number of hydrogen-bond acceptors (Lipinski definition) is 3. The monoisotopic (exact) mass is 750 g/mol. The minimum absolute atomic E-state index is 0.915. The summed E-state index contributed by atoms with van der Waals surface area (Å²) in [6.07, 6.45) is 1.85. The van der Waals surface area contributed by atoms with Crippen molar-refractivity contribution in [1.82, 2.24) is 19.7 Å². The third-order valence-electron chi connectivity index (χ3n) is 11.8. The van der Waals surface area contributed by atoms with Gasteiger partial charge in [0.1, 0.15) is 5.69 Å². The summed E-state index contributed by atoms with van der Waals surface area (Å²) in [5.41, 5.74) is 12.7. The molecule has 0 saturated carbocycles. The highest BCUT2D eigenvalue weighted by molar-refractivity contribution is 6.22. The van der Waals surface area contributed by atoms with Crippen LogP contribution in [0, 0.1) is 0 Å². The van der Waals surface area contributed by atoms with Crippen LogP contribution in [0.1, 0.15) is 0 Å². The van der Waals surface area contributed by atoms with Gasteiger partial charge in [-0.15, -0.1) is 0 Å². The molecule has 3 aromatic heterocycles. The number of nitrogens with zero attached hydrogens (tertiary/aromatic N) is 4. The summed E-state index contributed by atoms with van der Waals surface area (Å²) in [7, 11) is 0. The Bertz CT molecular complexity index is 3530. The molecule has 0 saturated heterocycles. The average Bonchev–Trinajstić information content (AvgIpc) is 3.72. The second kappa shape index (κ2) is 13.3. The SMILES string of the molecule is c1ccc(-c2cc3ccccc3c3c2c(-c2ccccc2)nn3-c2ccc(-c3c4ccccc4c(-c4ccc5ccc6cccnc6c5n4)c4ccccc34)cc2)cc1. The largest absolute Gasteiger partial charge is 0.254 e. The molecule has 9 aromatic carbocycles. The van der Waals surface area contributed by atoms with E-state index in [1.807, 2.05) is 12.3 Å². The number of aromatic nitrogens is 4. The summed E-state index contributed by atoms with van der Waals surface area (Å²) < 4.78 is 2.15. The molecule has 12 aromatic rings. The molecule has 0 fully saturated rings. The maximum Gasteiger partial charge on any atom is 0.101 e. The molecule has 0 atom stereocenters. The molecule has 0 N–H and O–H groups in total. The lowest BCUT2D eigenvalue weighted by molar-refractivity contribution is 0.918. The van der Waals surface area contributed by atoms with Crippen molar-refractivity contribution in [3.05, 3.63) is 206 Å². The van der Waals surface area contributed by atoms with Crippen LogP contribution in [0.5, 0.6) is 0 Å². The van der Waals surface area contributed by atoms with E-state index in [1.54, 1.807) is 0 Å². The fourth-order valence-corrected chi connectivity index (χ4v) is 9.17. The first kappa shape index (κ1) is 33.2. The van der Waals surface area contributed by atoms with Crippen LogP contribution in [-0.4, -0.2) is 19.7 Å². The molecule has 0 amide bonds. The molecule has 0 aliphatic heterocycles. The van der Waals surface area contributed by atoms with Gasteiger partial charge in [-0.25, -0.2) is 9.67 Å². The van der Waals surface area contributed by atoms with Crippen molar-refractivity contribution in [1.29, 1.82) is 0 Å². The molecule has 0 spiro atoms. The van der Waals surface area contributed by atoms with Crippen LogP contribution in [0.15, 0.2) is 206 Å². The van der Waals surface area contributed by atoms with Crippen molar-refractivity contribution in [3.8, 4) is 50.5 Å². The van der Waals surface area contributed by atoms with Crippen LogP contribution >= 0.6 is 0 Å². The first-order valence-electron chi connectivity index (χ1n) is 20.0. The Balaban J connectivity index is 1.07. The van der Waals surface area contributed by atoms with E-state index in [0.717, 1.165) is 77.2 Å². The molecule has 0 radical (unpaired) electrons. The number of benzene rings is 9. The number of hydrogen-bond donors (Lipinski definition) is 0. The van der Waals surface area contributed by atoms with Crippen LogP contribution in [0.4, 0.5) is 0 Å².